The van der Waals surface area contributed by atoms with Crippen LogP contribution in [0.3, 0.4) is 0 Å². The number of anilines is 1. The lowest BCUT2D eigenvalue weighted by molar-refractivity contribution is 0.0677. The topological polar surface area (TPSA) is 60.2 Å². The van der Waals surface area contributed by atoms with Crippen molar-refractivity contribution in [3.05, 3.63) is 41.5 Å². The van der Waals surface area contributed by atoms with Crippen LogP contribution in [-0.2, 0) is 11.2 Å². The second-order valence-electron chi connectivity index (χ2n) is 5.36. The van der Waals surface area contributed by atoms with E-state index in [0.29, 0.717) is 11.7 Å². The summed E-state index contributed by atoms with van der Waals surface area (Å²) >= 11 is 1.87. The number of nitrogens with zero attached hydrogens (tertiary/aromatic N) is 2. The lowest BCUT2D eigenvalue weighted by atomic mass is 9.94. The largest absolute Gasteiger partial charge is 0.384 e. The molecule has 2 aliphatic heterocycles. The molecule has 2 aliphatic rings. The van der Waals surface area contributed by atoms with Crippen LogP contribution in [0.5, 0.6) is 0 Å². The number of aromatic nitrogens is 2. The fraction of sp³-hybridized carbons (Fsp3) is 0.467. The van der Waals surface area contributed by atoms with Gasteiger partial charge in [-0.3, -0.25) is 0 Å². The van der Waals surface area contributed by atoms with Gasteiger partial charge in [-0.1, -0.05) is 23.4 Å². The molecule has 1 saturated heterocycles. The minimum Gasteiger partial charge on any atom is -0.384 e. The first kappa shape index (κ1) is 13.2. The van der Waals surface area contributed by atoms with Crippen molar-refractivity contribution < 1.29 is 9.26 Å². The minimum absolute atomic E-state index is 0.0231. The minimum atomic E-state index is -0.0231. The molecule has 2 aromatic rings. The highest BCUT2D eigenvalue weighted by Crippen LogP contribution is 2.31. The summed E-state index contributed by atoms with van der Waals surface area (Å²) in [7, 11) is 0. The van der Waals surface area contributed by atoms with E-state index in [1.165, 1.54) is 11.3 Å². The van der Waals surface area contributed by atoms with Gasteiger partial charge in [-0.25, -0.2) is 0 Å². The van der Waals surface area contributed by atoms with Crippen LogP contribution in [0.1, 0.15) is 29.3 Å². The van der Waals surface area contributed by atoms with Crippen LogP contribution in [0.2, 0.25) is 0 Å². The molecular formula is C15H17N3O2S. The van der Waals surface area contributed by atoms with Gasteiger partial charge in [-0.05, 0) is 18.1 Å². The van der Waals surface area contributed by atoms with E-state index in [2.05, 4.69) is 39.7 Å². The summed E-state index contributed by atoms with van der Waals surface area (Å²) in [4.78, 5) is 4.57. The summed E-state index contributed by atoms with van der Waals surface area (Å²) in [6.07, 6.45) is 0.913. The quantitative estimate of drug-likeness (QED) is 0.920. The molecule has 0 aliphatic carbocycles. The summed E-state index contributed by atoms with van der Waals surface area (Å²) in [5.41, 5.74) is 2.51. The molecule has 0 spiro atoms. The standard InChI is InChI=1S/C15H17N3O2S/c1-2-4-12-10(3-1)7-11(8-16-12)15-17-14(18-20-15)13-9-21-6-5-19-13/h1-4,11,13,16H,5-9H2. The third-order valence-corrected chi connectivity index (χ3v) is 4.93. The molecule has 0 radical (unpaired) electrons. The Bertz CT molecular complexity index is 625. The number of hydrogen-bond acceptors (Lipinski definition) is 6. The summed E-state index contributed by atoms with van der Waals surface area (Å²) in [5.74, 6) is 3.59. The monoisotopic (exact) mass is 303 g/mol. The van der Waals surface area contributed by atoms with Crippen molar-refractivity contribution in [2.24, 2.45) is 0 Å². The maximum atomic E-state index is 5.70. The van der Waals surface area contributed by atoms with Gasteiger partial charge in [0.15, 0.2) is 0 Å². The first-order valence-corrected chi connectivity index (χ1v) is 8.40. The highest BCUT2D eigenvalue weighted by molar-refractivity contribution is 7.99. The first-order chi connectivity index (χ1) is 10.4. The molecule has 4 rings (SSSR count). The second kappa shape index (κ2) is 5.69. The zero-order chi connectivity index (χ0) is 14.1. The highest BCUT2D eigenvalue weighted by atomic mass is 32.2. The average Bonchev–Trinajstić information content (AvgIpc) is 3.05. The molecule has 2 unspecified atom stereocenters. The van der Waals surface area contributed by atoms with Crippen LogP contribution in [0, 0.1) is 0 Å². The number of hydrogen-bond donors (Lipinski definition) is 1. The van der Waals surface area contributed by atoms with Crippen LogP contribution >= 0.6 is 11.8 Å². The summed E-state index contributed by atoms with van der Waals surface area (Å²) < 4.78 is 11.2. The van der Waals surface area contributed by atoms with Gasteiger partial charge in [0.25, 0.3) is 0 Å². The molecule has 0 saturated carbocycles. The van der Waals surface area contributed by atoms with Crippen molar-refractivity contribution in [3.63, 3.8) is 0 Å². The van der Waals surface area contributed by atoms with E-state index in [4.69, 9.17) is 9.26 Å². The van der Waals surface area contributed by atoms with Crippen LogP contribution in [0.15, 0.2) is 28.8 Å². The van der Waals surface area contributed by atoms with Crippen LogP contribution in [-0.4, -0.2) is 34.8 Å². The molecule has 1 N–H and O–H groups in total. The predicted octanol–water partition coefficient (Wildman–Crippen LogP) is 2.63. The molecule has 2 atom stereocenters. The first-order valence-electron chi connectivity index (χ1n) is 7.25. The average molecular weight is 303 g/mol. The zero-order valence-corrected chi connectivity index (χ0v) is 12.4. The third kappa shape index (κ3) is 2.65. The summed E-state index contributed by atoms with van der Waals surface area (Å²) in [5, 5.41) is 7.56. The van der Waals surface area contributed by atoms with E-state index in [-0.39, 0.29) is 12.0 Å². The van der Waals surface area contributed by atoms with Crippen molar-refractivity contribution in [2.75, 3.05) is 30.0 Å². The Morgan fingerprint density at radius 1 is 1.29 bits per heavy atom. The SMILES string of the molecule is c1ccc2c(c1)CC(c1nc(C3CSCCO3)no1)CN2. The Morgan fingerprint density at radius 2 is 2.24 bits per heavy atom. The number of ether oxygens (including phenoxy) is 1. The zero-order valence-electron chi connectivity index (χ0n) is 11.6. The van der Waals surface area contributed by atoms with Crippen molar-refractivity contribution >= 4 is 17.4 Å². The predicted molar refractivity (Wildman–Crippen MR) is 81.7 cm³/mol. The van der Waals surface area contributed by atoms with E-state index in [1.807, 2.05) is 11.8 Å². The van der Waals surface area contributed by atoms with Gasteiger partial charge in [-0.15, -0.1) is 0 Å². The molecule has 21 heavy (non-hydrogen) atoms. The Hall–Kier alpha value is -1.53. The Labute approximate surface area is 127 Å². The molecule has 1 fully saturated rings. The van der Waals surface area contributed by atoms with E-state index < -0.39 is 0 Å². The number of fused-ring (bicyclic) bond motifs is 1. The van der Waals surface area contributed by atoms with Gasteiger partial charge in [0.05, 0.1) is 12.5 Å². The molecule has 3 heterocycles. The van der Waals surface area contributed by atoms with Crippen LogP contribution in [0.25, 0.3) is 0 Å². The molecule has 1 aromatic carbocycles. The Balaban J connectivity index is 1.51. The van der Waals surface area contributed by atoms with Gasteiger partial charge >= 0.3 is 0 Å². The third-order valence-electron chi connectivity index (χ3n) is 3.93. The maximum Gasteiger partial charge on any atom is 0.231 e. The van der Waals surface area contributed by atoms with Crippen LogP contribution in [0.4, 0.5) is 5.69 Å². The number of benzene rings is 1. The highest BCUT2D eigenvalue weighted by Gasteiger charge is 2.27. The molecule has 6 heteroatoms. The van der Waals surface area contributed by atoms with Crippen molar-refractivity contribution in [2.45, 2.75) is 18.4 Å². The van der Waals surface area contributed by atoms with Crippen molar-refractivity contribution in [1.29, 1.82) is 0 Å². The Kier molecular flexibility index (Phi) is 3.57. The van der Waals surface area contributed by atoms with Crippen LogP contribution < -0.4 is 5.32 Å². The molecule has 0 amide bonds. The van der Waals surface area contributed by atoms with Crippen molar-refractivity contribution in [3.8, 4) is 0 Å². The lowest BCUT2D eigenvalue weighted by Gasteiger charge is -2.23. The summed E-state index contributed by atoms with van der Waals surface area (Å²) in [6, 6.07) is 8.37. The fourth-order valence-electron chi connectivity index (χ4n) is 2.80. The van der Waals surface area contributed by atoms with Gasteiger partial charge in [0, 0.05) is 23.7 Å². The van der Waals surface area contributed by atoms with Gasteiger partial charge in [0.1, 0.15) is 6.10 Å². The Morgan fingerprint density at radius 3 is 3.14 bits per heavy atom. The lowest BCUT2D eigenvalue weighted by Crippen LogP contribution is -2.22. The van der Waals surface area contributed by atoms with E-state index in [1.54, 1.807) is 0 Å². The fourth-order valence-corrected chi connectivity index (χ4v) is 3.64. The second-order valence-corrected chi connectivity index (χ2v) is 6.51. The number of rotatable bonds is 2. The molecule has 0 bridgehead atoms. The van der Waals surface area contributed by atoms with E-state index in [0.717, 1.165) is 31.1 Å². The molecule has 1 aromatic heterocycles. The normalized spacial score (nSPS) is 25.1. The maximum absolute atomic E-state index is 5.70. The summed E-state index contributed by atoms with van der Waals surface area (Å²) in [6.45, 7) is 1.59. The number of para-hydroxylation sites is 1. The van der Waals surface area contributed by atoms with Gasteiger partial charge in [-0.2, -0.15) is 16.7 Å². The van der Waals surface area contributed by atoms with Gasteiger partial charge in [0.2, 0.25) is 11.7 Å². The van der Waals surface area contributed by atoms with Crippen molar-refractivity contribution in [1.82, 2.24) is 10.1 Å². The van der Waals surface area contributed by atoms with Gasteiger partial charge < -0.3 is 14.6 Å². The number of thioether (sulfide) groups is 1. The molecule has 110 valence electrons. The molecular weight excluding hydrogens is 286 g/mol. The molecule has 5 nitrogen and oxygen atoms in total. The number of nitrogens with one attached hydrogen (secondary N) is 1. The smallest absolute Gasteiger partial charge is 0.231 e. The van der Waals surface area contributed by atoms with E-state index in [9.17, 15) is 0 Å². The van der Waals surface area contributed by atoms with E-state index >= 15 is 0 Å².